The maximum atomic E-state index is 14.9. The molecule has 0 saturated carbocycles. The van der Waals surface area contributed by atoms with Gasteiger partial charge in [0, 0.05) is 31.1 Å². The van der Waals surface area contributed by atoms with Gasteiger partial charge < -0.3 is 5.32 Å². The summed E-state index contributed by atoms with van der Waals surface area (Å²) in [6.45, 7) is 6.41. The van der Waals surface area contributed by atoms with Crippen molar-refractivity contribution in [1.82, 2.24) is 15.5 Å². The van der Waals surface area contributed by atoms with Crippen LogP contribution in [0.3, 0.4) is 0 Å². The first-order chi connectivity index (χ1) is 12.9. The molecule has 0 spiro atoms. The molecule has 3 atom stereocenters. The van der Waals surface area contributed by atoms with Crippen LogP contribution < -0.4 is 10.6 Å². The summed E-state index contributed by atoms with van der Waals surface area (Å²) in [6, 6.07) is 0.525. The van der Waals surface area contributed by atoms with Crippen molar-refractivity contribution in [2.24, 2.45) is 11.8 Å². The molecule has 2 saturated heterocycles. The monoisotopic (exact) mass is 377 g/mol. The van der Waals surface area contributed by atoms with Crippen molar-refractivity contribution in [3.05, 3.63) is 34.4 Å². The molecule has 3 unspecified atom stereocenters. The van der Waals surface area contributed by atoms with E-state index in [1.165, 1.54) is 0 Å². The van der Waals surface area contributed by atoms with Crippen LogP contribution in [0.2, 0.25) is 0 Å². The molecule has 1 aromatic carbocycles. The minimum atomic E-state index is -0.546. The van der Waals surface area contributed by atoms with E-state index in [0.29, 0.717) is 29.7 Å². The summed E-state index contributed by atoms with van der Waals surface area (Å²) < 4.78 is 29.5. The van der Waals surface area contributed by atoms with Gasteiger partial charge in [0.05, 0.1) is 6.04 Å². The number of carbonyl (C=O) groups excluding carboxylic acids is 2. The van der Waals surface area contributed by atoms with Crippen LogP contribution in [0.1, 0.15) is 49.3 Å². The fourth-order valence-electron chi connectivity index (χ4n) is 5.07. The van der Waals surface area contributed by atoms with E-state index in [1.807, 2.05) is 4.90 Å². The minimum absolute atomic E-state index is 0.0160. The Labute approximate surface area is 157 Å². The van der Waals surface area contributed by atoms with Crippen LogP contribution in [0, 0.1) is 23.5 Å². The average Bonchev–Trinajstić information content (AvgIpc) is 3.02. The van der Waals surface area contributed by atoms with Gasteiger partial charge in [-0.1, -0.05) is 13.8 Å². The molecule has 0 aliphatic carbocycles. The van der Waals surface area contributed by atoms with Gasteiger partial charge >= 0.3 is 0 Å². The number of halogens is 2. The summed E-state index contributed by atoms with van der Waals surface area (Å²) in [7, 11) is 0. The number of benzene rings is 1. The number of nitrogens with one attached hydrogen (secondary N) is 2. The van der Waals surface area contributed by atoms with Gasteiger partial charge in [-0.25, -0.2) is 8.78 Å². The Morgan fingerprint density at radius 2 is 1.70 bits per heavy atom. The zero-order valence-electron chi connectivity index (χ0n) is 15.6. The van der Waals surface area contributed by atoms with Gasteiger partial charge in [-0.15, -0.1) is 0 Å². The number of imide groups is 1. The lowest BCUT2D eigenvalue weighted by Gasteiger charge is -2.37. The van der Waals surface area contributed by atoms with Gasteiger partial charge in [0.2, 0.25) is 11.8 Å². The molecule has 3 heterocycles. The lowest BCUT2D eigenvalue weighted by Crippen LogP contribution is -2.50. The minimum Gasteiger partial charge on any atom is -0.316 e. The second kappa shape index (κ2) is 6.95. The van der Waals surface area contributed by atoms with Gasteiger partial charge in [0.25, 0.3) is 0 Å². The summed E-state index contributed by atoms with van der Waals surface area (Å²) in [5.41, 5.74) is 1.81. The molecule has 27 heavy (non-hydrogen) atoms. The SMILES string of the molecule is CC1CNCC(C)C1c1c(F)cc(F)c2c1CN(C1CCC(=O)NC1=O)C2. The molecule has 3 aliphatic heterocycles. The molecule has 4 rings (SSSR count). The van der Waals surface area contributed by atoms with Gasteiger partial charge in [0.1, 0.15) is 11.6 Å². The number of fused-ring (bicyclic) bond motifs is 1. The Morgan fingerprint density at radius 3 is 2.37 bits per heavy atom. The van der Waals surface area contributed by atoms with E-state index in [1.54, 1.807) is 0 Å². The number of piperidine rings is 2. The maximum absolute atomic E-state index is 14.9. The third-order valence-electron chi connectivity index (χ3n) is 6.35. The number of hydrogen-bond acceptors (Lipinski definition) is 4. The van der Waals surface area contributed by atoms with Crippen molar-refractivity contribution in [1.29, 1.82) is 0 Å². The van der Waals surface area contributed by atoms with Crippen LogP contribution in [0.5, 0.6) is 0 Å². The molecule has 0 bridgehead atoms. The van der Waals surface area contributed by atoms with E-state index in [-0.39, 0.29) is 42.5 Å². The molecule has 5 nitrogen and oxygen atoms in total. The van der Waals surface area contributed by atoms with Crippen molar-refractivity contribution in [3.8, 4) is 0 Å². The Kier molecular flexibility index (Phi) is 4.76. The van der Waals surface area contributed by atoms with Crippen LogP contribution in [0.15, 0.2) is 6.07 Å². The molecular formula is C20H25F2N3O2. The van der Waals surface area contributed by atoms with E-state index < -0.39 is 17.7 Å². The fraction of sp³-hybridized carbons (Fsp3) is 0.600. The van der Waals surface area contributed by atoms with Crippen LogP contribution in [0.25, 0.3) is 0 Å². The molecule has 0 aromatic heterocycles. The maximum Gasteiger partial charge on any atom is 0.243 e. The summed E-state index contributed by atoms with van der Waals surface area (Å²) in [4.78, 5) is 25.5. The molecule has 2 amide bonds. The van der Waals surface area contributed by atoms with Crippen LogP contribution in [0.4, 0.5) is 8.78 Å². The van der Waals surface area contributed by atoms with Gasteiger partial charge in [-0.3, -0.25) is 19.8 Å². The van der Waals surface area contributed by atoms with Crippen molar-refractivity contribution >= 4 is 11.8 Å². The van der Waals surface area contributed by atoms with Gasteiger partial charge in [0.15, 0.2) is 0 Å². The topological polar surface area (TPSA) is 61.4 Å². The third-order valence-corrected chi connectivity index (χ3v) is 6.35. The van der Waals surface area contributed by atoms with E-state index in [2.05, 4.69) is 24.5 Å². The Hall–Kier alpha value is -1.86. The lowest BCUT2D eigenvalue weighted by atomic mass is 9.74. The highest BCUT2D eigenvalue weighted by Gasteiger charge is 2.40. The first kappa shape index (κ1) is 18.5. The molecule has 146 valence electrons. The Bertz CT molecular complexity index is 788. The lowest BCUT2D eigenvalue weighted by molar-refractivity contribution is -0.137. The van der Waals surface area contributed by atoms with E-state index in [0.717, 1.165) is 19.2 Å². The number of carbonyl (C=O) groups is 2. The highest BCUT2D eigenvalue weighted by atomic mass is 19.1. The first-order valence-electron chi connectivity index (χ1n) is 9.65. The van der Waals surface area contributed by atoms with Gasteiger partial charge in [-0.2, -0.15) is 0 Å². The molecule has 7 heteroatoms. The van der Waals surface area contributed by atoms with Crippen molar-refractivity contribution in [3.63, 3.8) is 0 Å². The number of amides is 2. The molecular weight excluding hydrogens is 352 g/mol. The molecule has 2 N–H and O–H groups in total. The molecule has 1 aromatic rings. The van der Waals surface area contributed by atoms with Crippen LogP contribution in [-0.4, -0.2) is 35.8 Å². The first-order valence-corrected chi connectivity index (χ1v) is 9.65. The molecule has 3 aliphatic rings. The van der Waals surface area contributed by atoms with Crippen molar-refractivity contribution in [2.75, 3.05) is 13.1 Å². The number of hydrogen-bond donors (Lipinski definition) is 2. The highest BCUT2D eigenvalue weighted by molar-refractivity contribution is 6.00. The normalized spacial score (nSPS) is 31.7. The smallest absolute Gasteiger partial charge is 0.243 e. The fourth-order valence-corrected chi connectivity index (χ4v) is 5.07. The third kappa shape index (κ3) is 3.17. The van der Waals surface area contributed by atoms with Crippen molar-refractivity contribution < 1.29 is 18.4 Å². The largest absolute Gasteiger partial charge is 0.316 e. The second-order valence-electron chi connectivity index (χ2n) is 8.22. The van der Waals surface area contributed by atoms with Crippen LogP contribution >= 0.6 is 0 Å². The number of rotatable bonds is 2. The highest BCUT2D eigenvalue weighted by Crippen LogP contribution is 2.42. The zero-order valence-corrected chi connectivity index (χ0v) is 15.6. The van der Waals surface area contributed by atoms with E-state index >= 15 is 0 Å². The standard InChI is InChI=1S/C20H25F2N3O2/c1-10-6-23-7-11(2)18(10)19-13-9-25(8-12(13)14(21)5-15(19)22)16-3-4-17(26)24-20(16)27/h5,10-11,16,18,23H,3-4,6-9H2,1-2H3,(H,24,26,27). The van der Waals surface area contributed by atoms with E-state index in [9.17, 15) is 18.4 Å². The predicted molar refractivity (Wildman–Crippen MR) is 95.7 cm³/mol. The summed E-state index contributed by atoms with van der Waals surface area (Å²) in [5, 5.41) is 5.72. The Balaban J connectivity index is 1.69. The summed E-state index contributed by atoms with van der Waals surface area (Å²) in [6.07, 6.45) is 0.688. The Morgan fingerprint density at radius 1 is 1.04 bits per heavy atom. The average molecular weight is 377 g/mol. The molecule has 2 fully saturated rings. The number of nitrogens with zero attached hydrogens (tertiary/aromatic N) is 1. The van der Waals surface area contributed by atoms with Crippen LogP contribution in [-0.2, 0) is 22.7 Å². The van der Waals surface area contributed by atoms with Gasteiger partial charge in [-0.05, 0) is 48.4 Å². The zero-order chi connectivity index (χ0) is 19.3. The summed E-state index contributed by atoms with van der Waals surface area (Å²) in [5.74, 6) is -1.15. The second-order valence-corrected chi connectivity index (χ2v) is 8.22. The quantitative estimate of drug-likeness (QED) is 0.775. The van der Waals surface area contributed by atoms with Crippen molar-refractivity contribution in [2.45, 2.75) is 51.7 Å². The predicted octanol–water partition coefficient (Wildman–Crippen LogP) is 2.04. The molecule has 0 radical (unpaired) electrons. The summed E-state index contributed by atoms with van der Waals surface area (Å²) >= 11 is 0. The van der Waals surface area contributed by atoms with E-state index in [4.69, 9.17) is 0 Å².